The molecule has 0 aliphatic heterocycles. The standard InChI is InChI=1S/C15H27N3O3S2.ClH/c1-5-18(6-2)23(20,21)13-8-7-12(22-13)9-10-17-15(19)14(16)11(3)4;/h7-8,11,14H,5-6,9-10,16H2,1-4H3,(H,17,19);1H/t14-;/m0./s1. The fourth-order valence-corrected chi connectivity index (χ4v) is 5.02. The number of sulfonamides is 1. The molecule has 0 radical (unpaired) electrons. The molecule has 0 spiro atoms. The normalized spacial score (nSPS) is 13.0. The molecule has 24 heavy (non-hydrogen) atoms. The van der Waals surface area contributed by atoms with Crippen LogP contribution >= 0.6 is 23.7 Å². The first kappa shape index (κ1) is 23.3. The fraction of sp³-hybridized carbons (Fsp3) is 0.667. The summed E-state index contributed by atoms with van der Waals surface area (Å²) in [4.78, 5) is 12.7. The number of amides is 1. The van der Waals surface area contributed by atoms with E-state index in [0.29, 0.717) is 30.3 Å². The maximum atomic E-state index is 12.4. The van der Waals surface area contributed by atoms with Gasteiger partial charge in [-0.3, -0.25) is 4.79 Å². The maximum absolute atomic E-state index is 12.4. The van der Waals surface area contributed by atoms with Crippen molar-refractivity contribution in [2.75, 3.05) is 19.6 Å². The number of nitrogens with one attached hydrogen (secondary N) is 1. The SMILES string of the molecule is CCN(CC)S(=O)(=O)c1ccc(CCNC(=O)[C@@H](N)C(C)C)s1.Cl. The largest absolute Gasteiger partial charge is 0.354 e. The van der Waals surface area contributed by atoms with Crippen molar-refractivity contribution < 1.29 is 13.2 Å². The van der Waals surface area contributed by atoms with Crippen molar-refractivity contribution in [3.63, 3.8) is 0 Å². The Balaban J connectivity index is 0.00000529. The Bertz CT molecular complexity index is 613. The summed E-state index contributed by atoms with van der Waals surface area (Å²) in [6.07, 6.45) is 0.592. The molecule has 0 bridgehead atoms. The van der Waals surface area contributed by atoms with Crippen molar-refractivity contribution in [3.05, 3.63) is 17.0 Å². The Hall–Kier alpha value is -0.670. The molecule has 0 saturated heterocycles. The monoisotopic (exact) mass is 397 g/mol. The first-order valence-corrected chi connectivity index (χ1v) is 10.1. The number of halogens is 1. The highest BCUT2D eigenvalue weighted by Crippen LogP contribution is 2.25. The number of thiophene rings is 1. The molecule has 0 unspecified atom stereocenters. The van der Waals surface area contributed by atoms with Crippen LogP contribution in [-0.2, 0) is 21.2 Å². The van der Waals surface area contributed by atoms with Crippen LogP contribution in [0.4, 0.5) is 0 Å². The molecule has 1 aromatic rings. The zero-order chi connectivity index (χ0) is 17.6. The smallest absolute Gasteiger partial charge is 0.252 e. The summed E-state index contributed by atoms with van der Waals surface area (Å²) in [7, 11) is -3.40. The first-order chi connectivity index (χ1) is 10.7. The van der Waals surface area contributed by atoms with Crippen molar-refractivity contribution in [1.82, 2.24) is 9.62 Å². The number of hydrogen-bond acceptors (Lipinski definition) is 5. The number of rotatable bonds is 9. The average molecular weight is 398 g/mol. The minimum Gasteiger partial charge on any atom is -0.354 e. The van der Waals surface area contributed by atoms with E-state index in [1.807, 2.05) is 27.7 Å². The van der Waals surface area contributed by atoms with Gasteiger partial charge in [0.1, 0.15) is 4.21 Å². The maximum Gasteiger partial charge on any atom is 0.252 e. The van der Waals surface area contributed by atoms with Gasteiger partial charge < -0.3 is 11.1 Å². The van der Waals surface area contributed by atoms with Gasteiger partial charge in [0.2, 0.25) is 5.91 Å². The first-order valence-electron chi connectivity index (χ1n) is 7.86. The lowest BCUT2D eigenvalue weighted by Crippen LogP contribution is -2.44. The van der Waals surface area contributed by atoms with Gasteiger partial charge in [0.25, 0.3) is 10.0 Å². The third kappa shape index (κ3) is 6.00. The van der Waals surface area contributed by atoms with Crippen molar-refractivity contribution in [1.29, 1.82) is 0 Å². The fourth-order valence-electron chi connectivity index (χ4n) is 2.05. The number of carbonyl (C=O) groups excluding carboxylic acids is 1. The highest BCUT2D eigenvalue weighted by atomic mass is 35.5. The van der Waals surface area contributed by atoms with Crippen LogP contribution in [0, 0.1) is 5.92 Å². The van der Waals surface area contributed by atoms with Crippen molar-refractivity contribution in [2.24, 2.45) is 11.7 Å². The van der Waals surface area contributed by atoms with Gasteiger partial charge in [-0.2, -0.15) is 4.31 Å². The molecular formula is C15H28ClN3O3S2. The van der Waals surface area contributed by atoms with Crippen molar-refractivity contribution >= 4 is 39.7 Å². The number of hydrogen-bond donors (Lipinski definition) is 2. The van der Waals surface area contributed by atoms with E-state index in [2.05, 4.69) is 5.32 Å². The number of nitrogens with two attached hydrogens (primary N) is 1. The van der Waals surface area contributed by atoms with Crippen LogP contribution in [0.1, 0.15) is 32.6 Å². The molecule has 1 amide bonds. The van der Waals surface area contributed by atoms with Gasteiger partial charge in [0.05, 0.1) is 6.04 Å². The van der Waals surface area contributed by atoms with E-state index in [-0.39, 0.29) is 24.2 Å². The molecule has 1 atom stereocenters. The zero-order valence-corrected chi connectivity index (χ0v) is 17.1. The second-order valence-corrected chi connectivity index (χ2v) is 8.95. The van der Waals surface area contributed by atoms with Crippen LogP contribution in [-0.4, -0.2) is 44.3 Å². The second kappa shape index (κ2) is 10.4. The molecule has 3 N–H and O–H groups in total. The molecule has 0 aliphatic carbocycles. The van der Waals surface area contributed by atoms with Crippen LogP contribution in [0.5, 0.6) is 0 Å². The van der Waals surface area contributed by atoms with E-state index >= 15 is 0 Å². The lowest BCUT2D eigenvalue weighted by molar-refractivity contribution is -0.123. The van der Waals surface area contributed by atoms with E-state index in [9.17, 15) is 13.2 Å². The van der Waals surface area contributed by atoms with Crippen molar-refractivity contribution in [2.45, 2.75) is 44.4 Å². The van der Waals surface area contributed by atoms with Gasteiger partial charge in [-0.15, -0.1) is 23.7 Å². The predicted molar refractivity (Wildman–Crippen MR) is 101 cm³/mol. The highest BCUT2D eigenvalue weighted by Gasteiger charge is 2.23. The van der Waals surface area contributed by atoms with E-state index in [0.717, 1.165) is 4.88 Å². The molecule has 9 heteroatoms. The molecule has 1 aromatic heterocycles. The quantitative estimate of drug-likeness (QED) is 0.664. The number of carbonyl (C=O) groups is 1. The summed E-state index contributed by atoms with van der Waals surface area (Å²) in [6.45, 7) is 8.79. The van der Waals surface area contributed by atoms with Gasteiger partial charge in [-0.25, -0.2) is 8.42 Å². The molecule has 1 heterocycles. The summed E-state index contributed by atoms with van der Waals surface area (Å²) in [6, 6.07) is 2.92. The van der Waals surface area contributed by atoms with Crippen LogP contribution in [0.15, 0.2) is 16.3 Å². The molecule has 0 aliphatic rings. The van der Waals surface area contributed by atoms with Gasteiger partial charge in [0, 0.05) is 24.5 Å². The Morgan fingerprint density at radius 1 is 1.29 bits per heavy atom. The summed E-state index contributed by atoms with van der Waals surface area (Å²) < 4.78 is 26.6. The second-order valence-electron chi connectivity index (χ2n) is 5.62. The van der Waals surface area contributed by atoms with Crippen LogP contribution < -0.4 is 11.1 Å². The Morgan fingerprint density at radius 2 is 1.88 bits per heavy atom. The van der Waals surface area contributed by atoms with E-state index in [1.165, 1.54) is 15.6 Å². The molecule has 0 fully saturated rings. The van der Waals surface area contributed by atoms with E-state index in [1.54, 1.807) is 12.1 Å². The van der Waals surface area contributed by atoms with Gasteiger partial charge in [-0.1, -0.05) is 27.7 Å². The topological polar surface area (TPSA) is 92.5 Å². The Kier molecular flexibility index (Phi) is 10.1. The van der Waals surface area contributed by atoms with Crippen molar-refractivity contribution in [3.8, 4) is 0 Å². The third-order valence-corrected chi connectivity index (χ3v) is 7.29. The summed E-state index contributed by atoms with van der Waals surface area (Å²) >= 11 is 1.25. The predicted octanol–water partition coefficient (Wildman–Crippen LogP) is 1.84. The van der Waals surface area contributed by atoms with Crippen LogP contribution in [0.3, 0.4) is 0 Å². The summed E-state index contributed by atoms with van der Waals surface area (Å²) in [5, 5.41) is 2.79. The van der Waals surface area contributed by atoms with E-state index in [4.69, 9.17) is 5.73 Å². The van der Waals surface area contributed by atoms with Gasteiger partial charge in [0.15, 0.2) is 0 Å². The minimum atomic E-state index is -3.40. The molecule has 6 nitrogen and oxygen atoms in total. The molecular weight excluding hydrogens is 370 g/mol. The van der Waals surface area contributed by atoms with Gasteiger partial charge >= 0.3 is 0 Å². The molecule has 140 valence electrons. The highest BCUT2D eigenvalue weighted by molar-refractivity contribution is 7.91. The van der Waals surface area contributed by atoms with Crippen LogP contribution in [0.25, 0.3) is 0 Å². The third-order valence-electron chi connectivity index (χ3n) is 3.63. The molecule has 0 saturated carbocycles. The molecule has 1 rings (SSSR count). The molecule has 0 aromatic carbocycles. The lowest BCUT2D eigenvalue weighted by atomic mass is 10.1. The minimum absolute atomic E-state index is 0. The summed E-state index contributed by atoms with van der Waals surface area (Å²) in [5.41, 5.74) is 5.77. The zero-order valence-electron chi connectivity index (χ0n) is 14.6. The number of nitrogens with zero attached hydrogens (tertiary/aromatic N) is 1. The Labute approximate surface area is 155 Å². The lowest BCUT2D eigenvalue weighted by Gasteiger charge is -2.16. The van der Waals surface area contributed by atoms with E-state index < -0.39 is 16.1 Å². The summed E-state index contributed by atoms with van der Waals surface area (Å²) in [5.74, 6) is -0.0879. The Morgan fingerprint density at radius 3 is 2.38 bits per heavy atom. The average Bonchev–Trinajstić information content (AvgIpc) is 2.96. The van der Waals surface area contributed by atoms with Crippen LogP contribution in [0.2, 0.25) is 0 Å². The van der Waals surface area contributed by atoms with Gasteiger partial charge in [-0.05, 0) is 24.5 Å².